The molecule has 1 aliphatic rings. The quantitative estimate of drug-likeness (QED) is 0.257. The van der Waals surface area contributed by atoms with Crippen LogP contribution in [-0.2, 0) is 6.42 Å². The number of benzene rings is 4. The van der Waals surface area contributed by atoms with Gasteiger partial charge in [-0.05, 0) is 70.0 Å². The molecule has 0 N–H and O–H groups in total. The van der Waals surface area contributed by atoms with Crippen molar-refractivity contribution in [3.8, 4) is 33.5 Å². The second-order valence-electron chi connectivity index (χ2n) is 10.3. The summed E-state index contributed by atoms with van der Waals surface area (Å²) >= 11 is 1.86. The molecule has 0 atom stereocenters. The first kappa shape index (κ1) is 21.2. The zero-order valence-electron chi connectivity index (χ0n) is 19.8. The third-order valence-corrected chi connectivity index (χ3v) is 7.56. The van der Waals surface area contributed by atoms with Gasteiger partial charge in [-0.1, -0.05) is 99.3 Å². The van der Waals surface area contributed by atoms with Crippen LogP contribution in [0.2, 0.25) is 0 Å². The van der Waals surface area contributed by atoms with Gasteiger partial charge in [0.15, 0.2) is 0 Å². The molecule has 1 aliphatic heterocycles. The Morgan fingerprint density at radius 2 is 1.29 bits per heavy atom. The summed E-state index contributed by atoms with van der Waals surface area (Å²) in [7, 11) is 0. The highest BCUT2D eigenvalue weighted by Gasteiger charge is 2.21. The maximum absolute atomic E-state index is 5.10. The number of hydrogen-bond donors (Lipinski definition) is 0. The summed E-state index contributed by atoms with van der Waals surface area (Å²) in [6.07, 6.45) is 1.02. The first-order chi connectivity index (χ1) is 16.5. The molecule has 1 aromatic heterocycles. The normalized spacial score (nSPS) is 12.6. The Morgan fingerprint density at radius 3 is 2.09 bits per heavy atom. The fourth-order valence-corrected chi connectivity index (χ4v) is 6.04. The summed E-state index contributed by atoms with van der Waals surface area (Å²) in [6, 6.07) is 35.2. The van der Waals surface area contributed by atoms with Crippen molar-refractivity contribution in [2.75, 3.05) is 0 Å². The fourth-order valence-electron chi connectivity index (χ4n) is 4.95. The summed E-state index contributed by atoms with van der Waals surface area (Å²) in [5, 5.41) is 1.26. The summed E-state index contributed by atoms with van der Waals surface area (Å²) < 4.78 is 0. The van der Waals surface area contributed by atoms with E-state index in [0.717, 1.165) is 17.6 Å². The van der Waals surface area contributed by atoms with E-state index in [4.69, 9.17) is 4.98 Å². The van der Waals surface area contributed by atoms with Gasteiger partial charge in [-0.25, -0.2) is 4.98 Å². The highest BCUT2D eigenvalue weighted by atomic mass is 32.2. The lowest BCUT2D eigenvalue weighted by molar-refractivity contribution is 0.412. The molecule has 4 aromatic carbocycles. The van der Waals surface area contributed by atoms with E-state index in [1.807, 2.05) is 11.8 Å². The Labute approximate surface area is 205 Å². The second-order valence-corrected chi connectivity index (χ2v) is 11.4. The topological polar surface area (TPSA) is 12.9 Å². The van der Waals surface area contributed by atoms with Crippen LogP contribution in [0.25, 0.3) is 44.4 Å². The Bertz CT molecular complexity index is 1540. The summed E-state index contributed by atoms with van der Waals surface area (Å²) in [5.74, 6) is 0. The van der Waals surface area contributed by atoms with E-state index in [0.29, 0.717) is 0 Å². The second kappa shape index (κ2) is 8.14. The van der Waals surface area contributed by atoms with E-state index in [1.165, 1.54) is 48.6 Å². The van der Waals surface area contributed by atoms with Crippen molar-refractivity contribution in [1.29, 1.82) is 0 Å². The SMILES string of the molecule is CC(C)(C)Cc1cc(-c2ccc3c(c2)-c2ccccc2-c2ccccc2S3)nc2ccccc12. The predicted molar refractivity (Wildman–Crippen MR) is 145 cm³/mol. The molecule has 0 unspecified atom stereocenters. The maximum Gasteiger partial charge on any atom is 0.0712 e. The van der Waals surface area contributed by atoms with Crippen molar-refractivity contribution in [3.63, 3.8) is 0 Å². The van der Waals surface area contributed by atoms with Gasteiger partial charge in [0.25, 0.3) is 0 Å². The lowest BCUT2D eigenvalue weighted by Crippen LogP contribution is -2.10. The van der Waals surface area contributed by atoms with Gasteiger partial charge < -0.3 is 0 Å². The Balaban J connectivity index is 1.55. The zero-order valence-corrected chi connectivity index (χ0v) is 20.6. The Kier molecular flexibility index (Phi) is 5.08. The molecule has 0 saturated carbocycles. The van der Waals surface area contributed by atoms with Crippen molar-refractivity contribution >= 4 is 22.7 Å². The smallest absolute Gasteiger partial charge is 0.0712 e. The highest BCUT2D eigenvalue weighted by molar-refractivity contribution is 7.99. The molecule has 0 aliphatic carbocycles. The van der Waals surface area contributed by atoms with Crippen LogP contribution >= 0.6 is 11.8 Å². The van der Waals surface area contributed by atoms with Gasteiger partial charge in [0, 0.05) is 20.7 Å². The number of hydrogen-bond acceptors (Lipinski definition) is 2. The van der Waals surface area contributed by atoms with E-state index in [9.17, 15) is 0 Å². The molecule has 6 rings (SSSR count). The lowest BCUT2D eigenvalue weighted by Gasteiger charge is -2.20. The molecular weight excluding hydrogens is 430 g/mol. The van der Waals surface area contributed by atoms with Gasteiger partial charge >= 0.3 is 0 Å². The monoisotopic (exact) mass is 457 g/mol. The van der Waals surface area contributed by atoms with Crippen molar-refractivity contribution in [2.24, 2.45) is 5.41 Å². The van der Waals surface area contributed by atoms with Gasteiger partial charge in [0.1, 0.15) is 0 Å². The van der Waals surface area contributed by atoms with E-state index in [2.05, 4.69) is 118 Å². The molecule has 0 bridgehead atoms. The standard InChI is InChI=1S/C32H27NS/c1-32(2,3)20-22-19-29(33-28-14-8-6-10-23(22)28)21-16-17-31-27(18-21)25-12-5-4-11-24(25)26-13-7-9-15-30(26)34-31/h4-19H,20H2,1-3H3. The zero-order chi connectivity index (χ0) is 23.3. The molecule has 166 valence electrons. The molecule has 0 amide bonds. The number of nitrogens with zero attached hydrogens (tertiary/aromatic N) is 1. The largest absolute Gasteiger partial charge is 0.248 e. The molecule has 2 heteroatoms. The average molecular weight is 458 g/mol. The fraction of sp³-hybridized carbons (Fsp3) is 0.156. The van der Waals surface area contributed by atoms with Gasteiger partial charge in [-0.2, -0.15) is 0 Å². The van der Waals surface area contributed by atoms with Gasteiger partial charge in [-0.3, -0.25) is 0 Å². The average Bonchev–Trinajstić information content (AvgIpc) is 2.97. The molecular formula is C32H27NS. The number of fused-ring (bicyclic) bond motifs is 6. The summed E-state index contributed by atoms with van der Waals surface area (Å²) in [5.41, 5.74) is 10.0. The van der Waals surface area contributed by atoms with E-state index >= 15 is 0 Å². The van der Waals surface area contributed by atoms with Crippen LogP contribution in [0.15, 0.2) is 107 Å². The van der Waals surface area contributed by atoms with Crippen LogP contribution < -0.4 is 0 Å². The van der Waals surface area contributed by atoms with E-state index < -0.39 is 0 Å². The minimum Gasteiger partial charge on any atom is -0.248 e. The third kappa shape index (κ3) is 3.82. The molecule has 0 saturated heterocycles. The highest BCUT2D eigenvalue weighted by Crippen LogP contribution is 2.48. The number of para-hydroxylation sites is 1. The number of aromatic nitrogens is 1. The van der Waals surface area contributed by atoms with Crippen molar-refractivity contribution in [2.45, 2.75) is 37.0 Å². The van der Waals surface area contributed by atoms with Crippen LogP contribution in [-0.4, -0.2) is 4.98 Å². The molecule has 34 heavy (non-hydrogen) atoms. The number of rotatable bonds is 2. The molecule has 0 fully saturated rings. The first-order valence-corrected chi connectivity index (χ1v) is 12.7. The van der Waals surface area contributed by atoms with Crippen LogP contribution in [0.3, 0.4) is 0 Å². The molecule has 2 heterocycles. The Hall–Kier alpha value is -3.36. The van der Waals surface area contributed by atoms with Crippen LogP contribution in [0, 0.1) is 5.41 Å². The summed E-state index contributed by atoms with van der Waals surface area (Å²) in [6.45, 7) is 6.91. The van der Waals surface area contributed by atoms with Crippen molar-refractivity contribution < 1.29 is 0 Å². The van der Waals surface area contributed by atoms with Crippen LogP contribution in [0.4, 0.5) is 0 Å². The molecule has 0 radical (unpaired) electrons. The van der Waals surface area contributed by atoms with Crippen LogP contribution in [0.5, 0.6) is 0 Å². The van der Waals surface area contributed by atoms with Crippen LogP contribution in [0.1, 0.15) is 26.3 Å². The van der Waals surface area contributed by atoms with E-state index in [1.54, 1.807) is 0 Å². The molecule has 5 aromatic rings. The minimum absolute atomic E-state index is 0.205. The molecule has 1 nitrogen and oxygen atoms in total. The Morgan fingerprint density at radius 1 is 0.647 bits per heavy atom. The number of pyridine rings is 1. The first-order valence-electron chi connectivity index (χ1n) is 11.9. The van der Waals surface area contributed by atoms with Crippen molar-refractivity contribution in [3.05, 3.63) is 103 Å². The minimum atomic E-state index is 0.205. The maximum atomic E-state index is 5.10. The third-order valence-electron chi connectivity index (χ3n) is 6.41. The van der Waals surface area contributed by atoms with Gasteiger partial charge in [0.2, 0.25) is 0 Å². The predicted octanol–water partition coefficient (Wildman–Crippen LogP) is 9.29. The lowest BCUT2D eigenvalue weighted by atomic mass is 9.86. The van der Waals surface area contributed by atoms with Gasteiger partial charge in [0.05, 0.1) is 11.2 Å². The van der Waals surface area contributed by atoms with Crippen molar-refractivity contribution in [1.82, 2.24) is 4.98 Å². The van der Waals surface area contributed by atoms with Gasteiger partial charge in [-0.15, -0.1) is 0 Å². The van der Waals surface area contributed by atoms with E-state index in [-0.39, 0.29) is 5.41 Å². The summed E-state index contributed by atoms with van der Waals surface area (Å²) in [4.78, 5) is 7.69. The molecule has 0 spiro atoms.